The van der Waals surface area contributed by atoms with Crippen LogP contribution in [0.2, 0.25) is 0 Å². The van der Waals surface area contributed by atoms with Crippen molar-refractivity contribution < 1.29 is 9.53 Å². The van der Waals surface area contributed by atoms with Crippen molar-refractivity contribution in [2.75, 3.05) is 13.7 Å². The van der Waals surface area contributed by atoms with E-state index in [1.165, 1.54) is 0 Å². The summed E-state index contributed by atoms with van der Waals surface area (Å²) in [4.78, 5) is 16.6. The Morgan fingerprint density at radius 2 is 2.00 bits per heavy atom. The van der Waals surface area contributed by atoms with Crippen molar-refractivity contribution in [2.24, 2.45) is 0 Å². The molecule has 0 radical (unpaired) electrons. The molecule has 0 bridgehead atoms. The molecule has 3 rings (SSSR count). The molecule has 0 aliphatic heterocycles. The molecule has 0 unspecified atom stereocenters. The van der Waals surface area contributed by atoms with Crippen molar-refractivity contribution in [3.05, 3.63) is 71.2 Å². The van der Waals surface area contributed by atoms with Gasteiger partial charge in [-0.05, 0) is 24.3 Å². The molecule has 1 heterocycles. The molecule has 1 N–H and O–H groups in total. The highest BCUT2D eigenvalue weighted by atomic mass is 32.1. The third kappa shape index (κ3) is 4.00. The number of benzene rings is 2. The summed E-state index contributed by atoms with van der Waals surface area (Å²) in [5.74, 6) is 0.762. The van der Waals surface area contributed by atoms with E-state index in [9.17, 15) is 4.79 Å². The largest absolute Gasteiger partial charge is 0.497 e. The van der Waals surface area contributed by atoms with Gasteiger partial charge in [0, 0.05) is 29.5 Å². The lowest BCUT2D eigenvalue weighted by Gasteiger charge is -2.03. The number of carbonyl (C=O) groups excluding carboxylic acids is 1. The number of nitrogens with one attached hydrogen (secondary N) is 1. The molecule has 2 aromatic carbocycles. The van der Waals surface area contributed by atoms with Gasteiger partial charge in [0.25, 0.3) is 5.91 Å². The van der Waals surface area contributed by atoms with Crippen LogP contribution in [-0.4, -0.2) is 24.5 Å². The zero-order chi connectivity index (χ0) is 16.8. The number of hydrogen-bond acceptors (Lipinski definition) is 4. The zero-order valence-corrected chi connectivity index (χ0v) is 14.2. The number of aromatic nitrogens is 1. The van der Waals surface area contributed by atoms with Gasteiger partial charge in [-0.15, -0.1) is 11.3 Å². The molecule has 0 saturated heterocycles. The summed E-state index contributed by atoms with van der Waals surface area (Å²) in [5.41, 5.74) is 2.69. The summed E-state index contributed by atoms with van der Waals surface area (Å²) < 4.78 is 5.25. The Kier molecular flexibility index (Phi) is 5.23. The first kappa shape index (κ1) is 16.2. The van der Waals surface area contributed by atoms with E-state index < -0.39 is 0 Å². The van der Waals surface area contributed by atoms with Crippen molar-refractivity contribution in [1.82, 2.24) is 10.3 Å². The second-order valence-electron chi connectivity index (χ2n) is 5.25. The lowest BCUT2D eigenvalue weighted by atomic mass is 10.2. The van der Waals surface area contributed by atoms with Crippen molar-refractivity contribution in [1.29, 1.82) is 0 Å². The molecule has 0 spiro atoms. The molecule has 0 aliphatic rings. The third-order valence-electron chi connectivity index (χ3n) is 3.57. The van der Waals surface area contributed by atoms with E-state index in [1.54, 1.807) is 30.6 Å². The molecule has 4 nitrogen and oxygen atoms in total. The summed E-state index contributed by atoms with van der Waals surface area (Å²) in [6, 6.07) is 17.1. The van der Waals surface area contributed by atoms with Crippen LogP contribution in [0.1, 0.15) is 16.1 Å². The van der Waals surface area contributed by atoms with Gasteiger partial charge in [0.05, 0.1) is 12.8 Å². The van der Waals surface area contributed by atoms with E-state index >= 15 is 0 Å². The molecule has 5 heteroatoms. The molecule has 3 aromatic rings. The van der Waals surface area contributed by atoms with Gasteiger partial charge in [-0.1, -0.05) is 30.3 Å². The van der Waals surface area contributed by atoms with Crippen LogP contribution < -0.4 is 10.1 Å². The molecule has 0 atom stereocenters. The molecule has 0 saturated carbocycles. The predicted octanol–water partition coefficient (Wildman–Crippen LogP) is 3.79. The number of thiazole rings is 1. The fourth-order valence-electron chi connectivity index (χ4n) is 2.31. The Morgan fingerprint density at radius 1 is 1.17 bits per heavy atom. The van der Waals surface area contributed by atoms with Crippen molar-refractivity contribution >= 4 is 17.2 Å². The minimum absolute atomic E-state index is 0.0566. The average molecular weight is 338 g/mol. The van der Waals surface area contributed by atoms with Crippen LogP contribution >= 0.6 is 11.3 Å². The van der Waals surface area contributed by atoms with E-state index in [-0.39, 0.29) is 5.91 Å². The van der Waals surface area contributed by atoms with Gasteiger partial charge in [0.2, 0.25) is 0 Å². The molecule has 0 fully saturated rings. The molecule has 122 valence electrons. The number of methoxy groups -OCH3 is 1. The fourth-order valence-corrected chi connectivity index (χ4v) is 3.16. The van der Waals surface area contributed by atoms with Crippen LogP contribution in [-0.2, 0) is 6.42 Å². The summed E-state index contributed by atoms with van der Waals surface area (Å²) in [6.45, 7) is 0.564. The Morgan fingerprint density at radius 3 is 2.79 bits per heavy atom. The maximum Gasteiger partial charge on any atom is 0.251 e. The summed E-state index contributed by atoms with van der Waals surface area (Å²) in [5, 5.41) is 5.91. The molecular formula is C19H18N2O2S. The van der Waals surface area contributed by atoms with Gasteiger partial charge in [0.1, 0.15) is 10.8 Å². The number of hydrogen-bond donors (Lipinski definition) is 1. The van der Waals surface area contributed by atoms with E-state index in [1.807, 2.05) is 47.8 Å². The standard InChI is InChI=1S/C19H18N2O2S/c1-23-17-9-5-8-15(12-17)19-21-16(13-24-19)10-11-20-18(22)14-6-3-2-4-7-14/h2-9,12-13H,10-11H2,1H3,(H,20,22). The Balaban J connectivity index is 1.57. The summed E-state index contributed by atoms with van der Waals surface area (Å²) in [6.07, 6.45) is 0.707. The number of carbonyl (C=O) groups is 1. The van der Waals surface area contributed by atoms with Gasteiger partial charge in [0.15, 0.2) is 0 Å². The number of ether oxygens (including phenoxy) is 1. The third-order valence-corrected chi connectivity index (χ3v) is 4.51. The van der Waals surface area contributed by atoms with E-state index in [2.05, 4.69) is 10.3 Å². The van der Waals surface area contributed by atoms with Crippen LogP contribution in [0.5, 0.6) is 5.75 Å². The van der Waals surface area contributed by atoms with Crippen LogP contribution in [0.3, 0.4) is 0 Å². The Hall–Kier alpha value is -2.66. The van der Waals surface area contributed by atoms with Gasteiger partial charge in [-0.25, -0.2) is 4.98 Å². The first-order valence-electron chi connectivity index (χ1n) is 7.68. The number of rotatable bonds is 6. The minimum Gasteiger partial charge on any atom is -0.497 e. The molecule has 1 aromatic heterocycles. The first-order chi connectivity index (χ1) is 11.8. The Labute approximate surface area is 145 Å². The maximum atomic E-state index is 12.0. The Bertz CT molecular complexity index is 815. The summed E-state index contributed by atoms with van der Waals surface area (Å²) >= 11 is 1.60. The molecule has 24 heavy (non-hydrogen) atoms. The van der Waals surface area contributed by atoms with E-state index in [0.717, 1.165) is 22.0 Å². The monoisotopic (exact) mass is 338 g/mol. The topological polar surface area (TPSA) is 51.2 Å². The normalized spacial score (nSPS) is 10.4. The van der Waals surface area contributed by atoms with Crippen LogP contribution in [0.4, 0.5) is 0 Å². The van der Waals surface area contributed by atoms with Gasteiger partial charge in [-0.3, -0.25) is 4.79 Å². The quantitative estimate of drug-likeness (QED) is 0.744. The summed E-state index contributed by atoms with van der Waals surface area (Å²) in [7, 11) is 1.65. The predicted molar refractivity (Wildman–Crippen MR) is 96.6 cm³/mol. The van der Waals surface area contributed by atoms with Gasteiger partial charge in [-0.2, -0.15) is 0 Å². The molecule has 0 aliphatic carbocycles. The lowest BCUT2D eigenvalue weighted by Crippen LogP contribution is -2.25. The second-order valence-corrected chi connectivity index (χ2v) is 6.11. The van der Waals surface area contributed by atoms with Crippen LogP contribution in [0, 0.1) is 0 Å². The SMILES string of the molecule is COc1cccc(-c2nc(CCNC(=O)c3ccccc3)cs2)c1. The number of nitrogens with zero attached hydrogens (tertiary/aromatic N) is 1. The molecular weight excluding hydrogens is 320 g/mol. The van der Waals surface area contributed by atoms with Gasteiger partial charge < -0.3 is 10.1 Å². The van der Waals surface area contributed by atoms with Crippen molar-refractivity contribution in [3.63, 3.8) is 0 Å². The first-order valence-corrected chi connectivity index (χ1v) is 8.56. The van der Waals surface area contributed by atoms with Crippen LogP contribution in [0.15, 0.2) is 60.0 Å². The van der Waals surface area contributed by atoms with Crippen molar-refractivity contribution in [3.8, 4) is 16.3 Å². The smallest absolute Gasteiger partial charge is 0.251 e. The maximum absolute atomic E-state index is 12.0. The molecule has 1 amide bonds. The number of amides is 1. The highest BCUT2D eigenvalue weighted by Crippen LogP contribution is 2.26. The van der Waals surface area contributed by atoms with Crippen molar-refractivity contribution in [2.45, 2.75) is 6.42 Å². The lowest BCUT2D eigenvalue weighted by molar-refractivity contribution is 0.0954. The zero-order valence-electron chi connectivity index (χ0n) is 13.4. The van der Waals surface area contributed by atoms with E-state index in [0.29, 0.717) is 18.5 Å². The second kappa shape index (κ2) is 7.75. The van der Waals surface area contributed by atoms with E-state index in [4.69, 9.17) is 4.74 Å². The fraction of sp³-hybridized carbons (Fsp3) is 0.158. The minimum atomic E-state index is -0.0566. The highest BCUT2D eigenvalue weighted by molar-refractivity contribution is 7.13. The average Bonchev–Trinajstić information content (AvgIpc) is 3.11. The van der Waals surface area contributed by atoms with Crippen LogP contribution in [0.25, 0.3) is 10.6 Å². The van der Waals surface area contributed by atoms with Gasteiger partial charge >= 0.3 is 0 Å². The highest BCUT2D eigenvalue weighted by Gasteiger charge is 2.07.